The number of carbonyl (C=O) groups is 2. The Morgan fingerprint density at radius 1 is 0.853 bits per heavy atom. The van der Waals surface area contributed by atoms with Crippen LogP contribution >= 0.6 is 0 Å². The molecule has 0 bridgehead atoms. The van der Waals surface area contributed by atoms with Crippen LogP contribution in [0.4, 0.5) is 24.5 Å². The van der Waals surface area contributed by atoms with Gasteiger partial charge in [-0.15, -0.1) is 13.2 Å². The summed E-state index contributed by atoms with van der Waals surface area (Å²) < 4.78 is 46.6. The number of alkyl halides is 3. The topological polar surface area (TPSA) is 67.9 Å². The van der Waals surface area contributed by atoms with Gasteiger partial charge in [0.2, 0.25) is 0 Å². The predicted octanol–water partition coefficient (Wildman–Crippen LogP) is 5.30. The van der Waals surface area contributed by atoms with E-state index < -0.39 is 23.9 Å². The Balaban J connectivity index is 1.75. The Kier molecular flexibility index (Phi) is 6.02. The van der Waals surface area contributed by atoms with E-state index in [0.717, 1.165) is 22.6 Å². The van der Waals surface area contributed by atoms with Crippen molar-refractivity contribution in [2.75, 3.05) is 17.3 Å². The number of amides is 2. The molecule has 0 aromatic heterocycles. The lowest BCUT2D eigenvalue weighted by Crippen LogP contribution is -2.32. The third-order valence-electron chi connectivity index (χ3n) is 5.11. The Bertz CT molecular complexity index is 1270. The standard InChI is InChI=1S/C25H19F3N2O4/c1-15-7-9-16(10-8-15)21-22(29-17-11-13-18(14-12-17)34-25(26,27)28)24(32)30(23(21)31)19-5-3-4-6-20(19)33-2/h3-14,29H,1-2H3. The monoisotopic (exact) mass is 468 g/mol. The fraction of sp³-hybridized carbons (Fsp3) is 0.120. The first-order valence-corrected chi connectivity index (χ1v) is 10.1. The first-order valence-electron chi connectivity index (χ1n) is 10.1. The Labute approximate surface area is 193 Å². The lowest BCUT2D eigenvalue weighted by atomic mass is 10.0. The van der Waals surface area contributed by atoms with E-state index in [2.05, 4.69) is 10.1 Å². The number of anilines is 2. The quantitative estimate of drug-likeness (QED) is 0.498. The molecule has 0 saturated carbocycles. The van der Waals surface area contributed by atoms with Crippen molar-refractivity contribution in [3.8, 4) is 11.5 Å². The average Bonchev–Trinajstić information content (AvgIpc) is 3.04. The number of nitrogens with one attached hydrogen (secondary N) is 1. The number of aryl methyl sites for hydroxylation is 1. The van der Waals surface area contributed by atoms with E-state index in [1.807, 2.05) is 19.1 Å². The maximum Gasteiger partial charge on any atom is 0.573 e. The summed E-state index contributed by atoms with van der Waals surface area (Å²) in [6, 6.07) is 18.6. The number of halogens is 3. The second kappa shape index (κ2) is 8.93. The molecule has 4 rings (SSSR count). The summed E-state index contributed by atoms with van der Waals surface area (Å²) >= 11 is 0. The molecule has 0 spiro atoms. The molecule has 0 atom stereocenters. The molecule has 174 valence electrons. The summed E-state index contributed by atoms with van der Waals surface area (Å²) in [5.74, 6) is -1.25. The molecule has 0 aliphatic carbocycles. The fourth-order valence-corrected chi connectivity index (χ4v) is 3.55. The number of methoxy groups -OCH3 is 1. The second-order valence-corrected chi connectivity index (χ2v) is 7.43. The van der Waals surface area contributed by atoms with Crippen LogP contribution in [0.15, 0.2) is 78.5 Å². The summed E-state index contributed by atoms with van der Waals surface area (Å²) in [5, 5.41) is 2.90. The largest absolute Gasteiger partial charge is 0.573 e. The summed E-state index contributed by atoms with van der Waals surface area (Å²) in [6.45, 7) is 1.89. The first kappa shape index (κ1) is 22.9. The highest BCUT2D eigenvalue weighted by Gasteiger charge is 2.41. The summed E-state index contributed by atoms with van der Waals surface area (Å²) in [5.41, 5.74) is 2.18. The van der Waals surface area contributed by atoms with Crippen LogP contribution in [-0.4, -0.2) is 25.3 Å². The zero-order valence-corrected chi connectivity index (χ0v) is 18.1. The number of para-hydroxylation sites is 2. The van der Waals surface area contributed by atoms with Gasteiger partial charge in [-0.1, -0.05) is 42.0 Å². The number of hydrogen-bond donors (Lipinski definition) is 1. The van der Waals surface area contributed by atoms with Gasteiger partial charge in [-0.05, 0) is 48.9 Å². The van der Waals surface area contributed by atoms with Gasteiger partial charge < -0.3 is 14.8 Å². The maximum absolute atomic E-state index is 13.5. The molecule has 2 amide bonds. The Morgan fingerprint density at radius 3 is 2.12 bits per heavy atom. The van der Waals surface area contributed by atoms with Gasteiger partial charge in [-0.2, -0.15) is 0 Å². The highest BCUT2D eigenvalue weighted by atomic mass is 19.4. The van der Waals surface area contributed by atoms with E-state index in [4.69, 9.17) is 4.74 Å². The van der Waals surface area contributed by atoms with Crippen molar-refractivity contribution in [1.29, 1.82) is 0 Å². The smallest absolute Gasteiger partial charge is 0.495 e. The van der Waals surface area contributed by atoms with Gasteiger partial charge >= 0.3 is 6.36 Å². The number of hydrogen-bond acceptors (Lipinski definition) is 5. The molecule has 9 heteroatoms. The molecule has 0 saturated heterocycles. The van der Waals surface area contributed by atoms with Crippen molar-refractivity contribution < 1.29 is 32.2 Å². The number of carbonyl (C=O) groups excluding carboxylic acids is 2. The SMILES string of the molecule is COc1ccccc1N1C(=O)C(Nc2ccc(OC(F)(F)F)cc2)=C(c2ccc(C)cc2)C1=O. The van der Waals surface area contributed by atoms with Crippen molar-refractivity contribution in [2.45, 2.75) is 13.3 Å². The molecule has 1 N–H and O–H groups in total. The number of rotatable bonds is 6. The van der Waals surface area contributed by atoms with Gasteiger partial charge in [0.05, 0.1) is 18.4 Å². The zero-order valence-electron chi connectivity index (χ0n) is 18.1. The molecular formula is C25H19F3N2O4. The molecule has 0 unspecified atom stereocenters. The van der Waals surface area contributed by atoms with Gasteiger partial charge in [0.15, 0.2) is 0 Å². The van der Waals surface area contributed by atoms with Crippen molar-refractivity contribution >= 4 is 28.8 Å². The van der Waals surface area contributed by atoms with Gasteiger partial charge in [0.25, 0.3) is 11.8 Å². The number of nitrogens with zero attached hydrogens (tertiary/aromatic N) is 1. The average molecular weight is 468 g/mol. The van der Waals surface area contributed by atoms with Crippen molar-refractivity contribution in [2.24, 2.45) is 0 Å². The third kappa shape index (κ3) is 4.59. The minimum atomic E-state index is -4.82. The molecule has 3 aromatic carbocycles. The summed E-state index contributed by atoms with van der Waals surface area (Å²) in [7, 11) is 1.43. The number of benzene rings is 3. The Morgan fingerprint density at radius 2 is 1.50 bits per heavy atom. The Hall–Kier alpha value is -4.27. The van der Waals surface area contributed by atoms with Gasteiger partial charge in [0, 0.05) is 5.69 Å². The fourth-order valence-electron chi connectivity index (χ4n) is 3.55. The molecule has 1 aliphatic rings. The van der Waals surface area contributed by atoms with Gasteiger partial charge in [0.1, 0.15) is 17.2 Å². The highest BCUT2D eigenvalue weighted by molar-refractivity contribution is 6.46. The van der Waals surface area contributed by atoms with Crippen molar-refractivity contribution in [1.82, 2.24) is 0 Å². The minimum Gasteiger partial charge on any atom is -0.495 e. The minimum absolute atomic E-state index is 0.00995. The predicted molar refractivity (Wildman–Crippen MR) is 120 cm³/mol. The van der Waals surface area contributed by atoms with Crippen LogP contribution in [0.25, 0.3) is 5.57 Å². The molecule has 3 aromatic rings. The van der Waals surface area contributed by atoms with Crippen LogP contribution in [0.1, 0.15) is 11.1 Å². The van der Waals surface area contributed by atoms with Crippen LogP contribution in [0, 0.1) is 6.92 Å². The van der Waals surface area contributed by atoms with E-state index >= 15 is 0 Å². The van der Waals surface area contributed by atoms with E-state index in [1.54, 1.807) is 36.4 Å². The normalized spacial score (nSPS) is 14.0. The molecule has 1 aliphatic heterocycles. The zero-order chi connectivity index (χ0) is 24.5. The van der Waals surface area contributed by atoms with Crippen LogP contribution in [0.2, 0.25) is 0 Å². The summed E-state index contributed by atoms with van der Waals surface area (Å²) in [6.07, 6.45) is -4.82. The first-order chi connectivity index (χ1) is 16.2. The molecule has 0 radical (unpaired) electrons. The van der Waals surface area contributed by atoms with E-state index in [-0.39, 0.29) is 17.0 Å². The molecule has 1 heterocycles. The summed E-state index contributed by atoms with van der Waals surface area (Å²) in [4.78, 5) is 27.9. The number of imide groups is 1. The highest BCUT2D eigenvalue weighted by Crippen LogP contribution is 2.38. The van der Waals surface area contributed by atoms with Crippen LogP contribution in [0.3, 0.4) is 0 Å². The van der Waals surface area contributed by atoms with Crippen molar-refractivity contribution in [3.63, 3.8) is 0 Å². The second-order valence-electron chi connectivity index (χ2n) is 7.43. The third-order valence-corrected chi connectivity index (χ3v) is 5.11. The molecular weight excluding hydrogens is 449 g/mol. The van der Waals surface area contributed by atoms with Crippen LogP contribution < -0.4 is 19.7 Å². The lowest BCUT2D eigenvalue weighted by Gasteiger charge is -2.18. The van der Waals surface area contributed by atoms with Gasteiger partial charge in [-0.3, -0.25) is 9.59 Å². The van der Waals surface area contributed by atoms with Crippen LogP contribution in [-0.2, 0) is 9.59 Å². The van der Waals surface area contributed by atoms with E-state index in [9.17, 15) is 22.8 Å². The molecule has 0 fully saturated rings. The maximum atomic E-state index is 13.5. The number of ether oxygens (including phenoxy) is 2. The lowest BCUT2D eigenvalue weighted by molar-refractivity contribution is -0.274. The van der Waals surface area contributed by atoms with Crippen molar-refractivity contribution in [3.05, 3.63) is 89.6 Å². The van der Waals surface area contributed by atoms with Gasteiger partial charge in [-0.25, -0.2) is 4.90 Å². The molecule has 34 heavy (non-hydrogen) atoms. The van der Waals surface area contributed by atoms with E-state index in [0.29, 0.717) is 17.0 Å². The van der Waals surface area contributed by atoms with Crippen LogP contribution in [0.5, 0.6) is 11.5 Å². The van der Waals surface area contributed by atoms with E-state index in [1.165, 1.54) is 19.2 Å². The molecule has 6 nitrogen and oxygen atoms in total.